The number of phenolic OH excluding ortho intramolecular Hbond substituents is 1. The van der Waals surface area contributed by atoms with Crippen LogP contribution in [0.2, 0.25) is 0 Å². The van der Waals surface area contributed by atoms with Gasteiger partial charge in [-0.3, -0.25) is 4.79 Å². The van der Waals surface area contributed by atoms with E-state index in [1.165, 1.54) is 11.8 Å². The van der Waals surface area contributed by atoms with Gasteiger partial charge in [0.15, 0.2) is 0 Å². The van der Waals surface area contributed by atoms with Gasteiger partial charge in [0.25, 0.3) is 0 Å². The molecular weight excluding hydrogens is 300 g/mol. The van der Waals surface area contributed by atoms with Gasteiger partial charge in [-0.2, -0.15) is 0 Å². The molecule has 0 aliphatic rings. The predicted molar refractivity (Wildman–Crippen MR) is 86.7 cm³/mol. The number of carbonyl (C=O) groups is 1. The second-order valence-corrected chi connectivity index (χ2v) is 5.88. The van der Waals surface area contributed by atoms with Crippen LogP contribution in [0.1, 0.15) is 13.3 Å². The Bertz CT molecular complexity index is 608. The summed E-state index contributed by atoms with van der Waals surface area (Å²) in [4.78, 5) is 13.2. The molecule has 1 unspecified atom stereocenters. The molecule has 0 saturated carbocycles. The highest BCUT2D eigenvalue weighted by atomic mass is 32.2. The minimum Gasteiger partial charge on any atom is -0.508 e. The van der Waals surface area contributed by atoms with Crippen molar-refractivity contribution >= 4 is 17.7 Å². The normalized spacial score (nSPS) is 11.7. The summed E-state index contributed by atoms with van der Waals surface area (Å²) in [6, 6.07) is 13.7. The number of benzene rings is 2. The Hall–Kier alpha value is -2.14. The van der Waals surface area contributed by atoms with E-state index < -0.39 is 0 Å². The van der Waals surface area contributed by atoms with Gasteiger partial charge in [-0.15, -0.1) is 11.8 Å². The molecule has 1 N–H and O–H groups in total. The van der Waals surface area contributed by atoms with E-state index in [0.29, 0.717) is 17.9 Å². The van der Waals surface area contributed by atoms with Crippen LogP contribution in [-0.4, -0.2) is 23.4 Å². The van der Waals surface area contributed by atoms with Crippen LogP contribution in [0.5, 0.6) is 17.2 Å². The number of phenols is 1. The van der Waals surface area contributed by atoms with Gasteiger partial charge in [0, 0.05) is 4.90 Å². The van der Waals surface area contributed by atoms with Gasteiger partial charge in [0.1, 0.15) is 22.5 Å². The lowest BCUT2D eigenvalue weighted by molar-refractivity contribution is -0.133. The number of thioether (sulfide) groups is 1. The van der Waals surface area contributed by atoms with Crippen LogP contribution in [0.25, 0.3) is 0 Å². The molecule has 0 bridgehead atoms. The van der Waals surface area contributed by atoms with Crippen molar-refractivity contribution in [3.8, 4) is 17.2 Å². The zero-order valence-corrected chi connectivity index (χ0v) is 13.3. The van der Waals surface area contributed by atoms with Crippen LogP contribution in [0, 0.1) is 0 Å². The van der Waals surface area contributed by atoms with Crippen molar-refractivity contribution in [2.24, 2.45) is 0 Å². The van der Waals surface area contributed by atoms with Gasteiger partial charge in [-0.1, -0.05) is 6.92 Å². The molecule has 22 heavy (non-hydrogen) atoms. The Morgan fingerprint density at radius 1 is 1.09 bits per heavy atom. The number of rotatable bonds is 6. The van der Waals surface area contributed by atoms with E-state index in [9.17, 15) is 9.90 Å². The van der Waals surface area contributed by atoms with Gasteiger partial charge in [0.2, 0.25) is 0 Å². The first kappa shape index (κ1) is 16.2. The lowest BCUT2D eigenvalue weighted by Gasteiger charge is -2.14. The van der Waals surface area contributed by atoms with Crippen molar-refractivity contribution in [3.05, 3.63) is 48.5 Å². The molecule has 116 valence electrons. The monoisotopic (exact) mass is 318 g/mol. The Kier molecular flexibility index (Phi) is 5.72. The second kappa shape index (κ2) is 7.75. The van der Waals surface area contributed by atoms with Gasteiger partial charge in [-0.05, 0) is 55.0 Å². The summed E-state index contributed by atoms with van der Waals surface area (Å²) >= 11 is 1.42. The molecule has 0 spiro atoms. The van der Waals surface area contributed by atoms with Crippen molar-refractivity contribution < 1.29 is 19.4 Å². The summed E-state index contributed by atoms with van der Waals surface area (Å²) in [5.41, 5.74) is 0. The highest BCUT2D eigenvalue weighted by molar-refractivity contribution is 8.00. The topological polar surface area (TPSA) is 55.8 Å². The molecule has 0 saturated heterocycles. The molecule has 2 rings (SSSR count). The first-order chi connectivity index (χ1) is 10.6. The van der Waals surface area contributed by atoms with E-state index >= 15 is 0 Å². The molecular formula is C17H18O4S. The third-order valence-corrected chi connectivity index (χ3v) is 4.38. The van der Waals surface area contributed by atoms with Gasteiger partial charge >= 0.3 is 5.97 Å². The van der Waals surface area contributed by atoms with E-state index in [-0.39, 0.29) is 17.0 Å². The standard InChI is InChI=1S/C17H18O4S/c1-3-16(22-15-10-4-12(18)5-11-15)17(19)21-14-8-6-13(20-2)7-9-14/h4-11,16,18H,3H2,1-2H3. The Morgan fingerprint density at radius 2 is 1.68 bits per heavy atom. The van der Waals surface area contributed by atoms with Crippen LogP contribution in [0.4, 0.5) is 0 Å². The molecule has 0 radical (unpaired) electrons. The zero-order chi connectivity index (χ0) is 15.9. The highest BCUT2D eigenvalue weighted by Crippen LogP contribution is 2.28. The summed E-state index contributed by atoms with van der Waals surface area (Å²) in [6.07, 6.45) is 0.653. The maximum Gasteiger partial charge on any atom is 0.324 e. The first-order valence-electron chi connectivity index (χ1n) is 6.93. The third-order valence-electron chi connectivity index (χ3n) is 3.03. The third kappa shape index (κ3) is 4.43. The van der Waals surface area contributed by atoms with Crippen molar-refractivity contribution in [2.45, 2.75) is 23.5 Å². The molecule has 0 amide bonds. The average Bonchev–Trinajstić information content (AvgIpc) is 2.55. The Morgan fingerprint density at radius 3 is 2.23 bits per heavy atom. The smallest absolute Gasteiger partial charge is 0.324 e. The summed E-state index contributed by atoms with van der Waals surface area (Å²) in [5.74, 6) is 1.13. The molecule has 2 aromatic rings. The van der Waals surface area contributed by atoms with Gasteiger partial charge in [0.05, 0.1) is 7.11 Å². The minimum absolute atomic E-state index is 0.207. The van der Waals surface area contributed by atoms with Crippen molar-refractivity contribution in [2.75, 3.05) is 7.11 Å². The molecule has 4 nitrogen and oxygen atoms in total. The maximum absolute atomic E-state index is 12.2. The summed E-state index contributed by atoms with van der Waals surface area (Å²) in [7, 11) is 1.59. The van der Waals surface area contributed by atoms with E-state index in [0.717, 1.165) is 4.90 Å². The van der Waals surface area contributed by atoms with Crippen LogP contribution in [0.15, 0.2) is 53.4 Å². The number of carbonyl (C=O) groups excluding carboxylic acids is 1. The molecule has 1 atom stereocenters. The fraction of sp³-hybridized carbons (Fsp3) is 0.235. The molecule has 5 heteroatoms. The lowest BCUT2D eigenvalue weighted by atomic mass is 10.3. The summed E-state index contributed by atoms with van der Waals surface area (Å²) < 4.78 is 10.5. The van der Waals surface area contributed by atoms with Crippen LogP contribution in [-0.2, 0) is 4.79 Å². The van der Waals surface area contributed by atoms with Gasteiger partial charge < -0.3 is 14.6 Å². The van der Waals surface area contributed by atoms with Crippen molar-refractivity contribution in [3.63, 3.8) is 0 Å². The van der Waals surface area contributed by atoms with Crippen molar-refractivity contribution in [1.29, 1.82) is 0 Å². The van der Waals surface area contributed by atoms with E-state index in [2.05, 4.69) is 0 Å². The molecule has 0 heterocycles. The van der Waals surface area contributed by atoms with Gasteiger partial charge in [-0.25, -0.2) is 0 Å². The number of esters is 1. The molecule has 2 aromatic carbocycles. The fourth-order valence-corrected chi connectivity index (χ4v) is 2.75. The van der Waals surface area contributed by atoms with E-state index in [1.807, 2.05) is 6.92 Å². The van der Waals surface area contributed by atoms with E-state index in [1.54, 1.807) is 55.6 Å². The molecule has 0 aliphatic heterocycles. The first-order valence-corrected chi connectivity index (χ1v) is 7.81. The largest absolute Gasteiger partial charge is 0.508 e. The van der Waals surface area contributed by atoms with Crippen molar-refractivity contribution in [1.82, 2.24) is 0 Å². The number of aromatic hydroxyl groups is 1. The quantitative estimate of drug-likeness (QED) is 0.498. The average molecular weight is 318 g/mol. The number of hydrogen-bond donors (Lipinski definition) is 1. The maximum atomic E-state index is 12.2. The fourth-order valence-electron chi connectivity index (χ4n) is 1.81. The van der Waals surface area contributed by atoms with Crippen LogP contribution < -0.4 is 9.47 Å². The Labute approximate surface area is 134 Å². The highest BCUT2D eigenvalue weighted by Gasteiger charge is 2.20. The van der Waals surface area contributed by atoms with Crippen LogP contribution >= 0.6 is 11.8 Å². The predicted octanol–water partition coefficient (Wildman–Crippen LogP) is 3.88. The zero-order valence-electron chi connectivity index (χ0n) is 12.5. The summed E-state index contributed by atoms with van der Waals surface area (Å²) in [6.45, 7) is 1.94. The summed E-state index contributed by atoms with van der Waals surface area (Å²) in [5, 5.41) is 8.98. The molecule has 0 aromatic heterocycles. The number of methoxy groups -OCH3 is 1. The molecule has 0 fully saturated rings. The number of ether oxygens (including phenoxy) is 2. The Balaban J connectivity index is 1.99. The second-order valence-electron chi connectivity index (χ2n) is 4.61. The SMILES string of the molecule is CCC(Sc1ccc(O)cc1)C(=O)Oc1ccc(OC)cc1. The van der Waals surface area contributed by atoms with Crippen LogP contribution in [0.3, 0.4) is 0 Å². The minimum atomic E-state index is -0.299. The number of hydrogen-bond acceptors (Lipinski definition) is 5. The lowest BCUT2D eigenvalue weighted by Crippen LogP contribution is -2.22. The van der Waals surface area contributed by atoms with E-state index in [4.69, 9.17) is 9.47 Å². The molecule has 0 aliphatic carbocycles.